The van der Waals surface area contributed by atoms with Crippen molar-refractivity contribution in [2.45, 2.75) is 50.5 Å². The van der Waals surface area contributed by atoms with Gasteiger partial charge in [0.1, 0.15) is 6.04 Å². The lowest BCUT2D eigenvalue weighted by atomic mass is 9.78. The molecule has 1 amide bonds. The molecule has 0 bridgehead atoms. The van der Waals surface area contributed by atoms with Crippen LogP contribution in [0.25, 0.3) is 0 Å². The summed E-state index contributed by atoms with van der Waals surface area (Å²) in [7, 11) is 0. The molecule has 0 radical (unpaired) electrons. The fourth-order valence-corrected chi connectivity index (χ4v) is 3.50. The van der Waals surface area contributed by atoms with Crippen molar-refractivity contribution in [1.82, 2.24) is 5.32 Å². The largest absolute Gasteiger partial charge is 0.480 e. The molecule has 1 aromatic rings. The van der Waals surface area contributed by atoms with Crippen molar-refractivity contribution in [3.63, 3.8) is 0 Å². The van der Waals surface area contributed by atoms with Crippen LogP contribution in [0.2, 0.25) is 0 Å². The summed E-state index contributed by atoms with van der Waals surface area (Å²) in [6.07, 6.45) is 5.54. The molecule has 0 spiro atoms. The molecule has 118 valence electrons. The summed E-state index contributed by atoms with van der Waals surface area (Å²) in [4.78, 5) is 23.5. The van der Waals surface area contributed by atoms with Gasteiger partial charge in [0.05, 0.1) is 0 Å². The van der Waals surface area contributed by atoms with Gasteiger partial charge < -0.3 is 10.4 Å². The Labute approximate surface area is 130 Å². The minimum absolute atomic E-state index is 0.0273. The van der Waals surface area contributed by atoms with Crippen molar-refractivity contribution in [1.29, 1.82) is 0 Å². The van der Waals surface area contributed by atoms with E-state index in [1.165, 1.54) is 5.56 Å². The van der Waals surface area contributed by atoms with Gasteiger partial charge >= 0.3 is 5.97 Å². The van der Waals surface area contributed by atoms with Crippen molar-refractivity contribution in [2.24, 2.45) is 11.8 Å². The van der Waals surface area contributed by atoms with Gasteiger partial charge in [0.15, 0.2) is 0 Å². The van der Waals surface area contributed by atoms with Crippen LogP contribution >= 0.6 is 0 Å². The molecule has 2 N–H and O–H groups in total. The summed E-state index contributed by atoms with van der Waals surface area (Å²) in [5, 5.41) is 12.0. The number of rotatable bonds is 5. The van der Waals surface area contributed by atoms with E-state index in [0.29, 0.717) is 5.92 Å². The fourth-order valence-electron chi connectivity index (χ4n) is 3.50. The second-order valence-electron chi connectivity index (χ2n) is 6.62. The van der Waals surface area contributed by atoms with Gasteiger partial charge in [-0.05, 0) is 55.9 Å². The molecule has 4 nitrogen and oxygen atoms in total. The third-order valence-electron chi connectivity index (χ3n) is 5.03. The molecule has 1 atom stereocenters. The minimum Gasteiger partial charge on any atom is -0.480 e. The van der Waals surface area contributed by atoms with E-state index in [2.05, 4.69) is 29.6 Å². The lowest BCUT2D eigenvalue weighted by Gasteiger charge is -2.29. The lowest BCUT2D eigenvalue weighted by molar-refractivity contribution is -0.143. The first-order valence-corrected chi connectivity index (χ1v) is 8.23. The van der Waals surface area contributed by atoms with E-state index in [1.807, 2.05) is 6.07 Å². The number of nitrogens with one attached hydrogen (secondary N) is 1. The fraction of sp³-hybridized carbons (Fsp3) is 0.556. The van der Waals surface area contributed by atoms with Gasteiger partial charge in [-0.3, -0.25) is 4.79 Å². The predicted molar refractivity (Wildman–Crippen MR) is 83.4 cm³/mol. The number of benzene rings is 1. The van der Waals surface area contributed by atoms with Gasteiger partial charge in [0.2, 0.25) is 5.91 Å². The molecule has 22 heavy (non-hydrogen) atoms. The van der Waals surface area contributed by atoms with Crippen molar-refractivity contribution in [2.75, 3.05) is 0 Å². The van der Waals surface area contributed by atoms with Crippen molar-refractivity contribution < 1.29 is 14.7 Å². The van der Waals surface area contributed by atoms with Gasteiger partial charge in [0.25, 0.3) is 0 Å². The number of carbonyl (C=O) groups excluding carboxylic acids is 1. The van der Waals surface area contributed by atoms with Crippen molar-refractivity contribution in [3.05, 3.63) is 35.9 Å². The Morgan fingerprint density at radius 3 is 2.18 bits per heavy atom. The van der Waals surface area contributed by atoms with Gasteiger partial charge in [-0.25, -0.2) is 4.79 Å². The number of aliphatic carboxylic acids is 1. The first kappa shape index (κ1) is 15.1. The molecule has 2 aliphatic rings. The molecule has 2 fully saturated rings. The van der Waals surface area contributed by atoms with Crippen LogP contribution in [0.5, 0.6) is 0 Å². The highest BCUT2D eigenvalue weighted by Gasteiger charge is 2.38. The molecule has 0 heterocycles. The maximum absolute atomic E-state index is 12.3. The first-order valence-electron chi connectivity index (χ1n) is 8.23. The Bertz CT molecular complexity index is 531. The molecule has 0 saturated heterocycles. The highest BCUT2D eigenvalue weighted by molar-refractivity contribution is 5.85. The van der Waals surface area contributed by atoms with E-state index in [0.717, 1.165) is 38.5 Å². The van der Waals surface area contributed by atoms with E-state index in [9.17, 15) is 14.7 Å². The van der Waals surface area contributed by atoms with Gasteiger partial charge in [0, 0.05) is 5.92 Å². The summed E-state index contributed by atoms with van der Waals surface area (Å²) in [5.41, 5.74) is 1.35. The predicted octanol–water partition coefficient (Wildman–Crippen LogP) is 2.94. The van der Waals surface area contributed by atoms with E-state index >= 15 is 0 Å². The van der Waals surface area contributed by atoms with Gasteiger partial charge in [-0.15, -0.1) is 0 Å². The van der Waals surface area contributed by atoms with Crippen LogP contribution in [-0.4, -0.2) is 23.0 Å². The topological polar surface area (TPSA) is 66.4 Å². The van der Waals surface area contributed by atoms with Gasteiger partial charge in [-0.1, -0.05) is 30.3 Å². The number of hydrogen-bond donors (Lipinski definition) is 2. The third kappa shape index (κ3) is 3.49. The Hall–Kier alpha value is -1.84. The summed E-state index contributed by atoms with van der Waals surface area (Å²) >= 11 is 0. The number of hydrogen-bond acceptors (Lipinski definition) is 2. The summed E-state index contributed by atoms with van der Waals surface area (Å²) < 4.78 is 0. The second-order valence-corrected chi connectivity index (χ2v) is 6.62. The monoisotopic (exact) mass is 301 g/mol. The number of amides is 1. The number of carbonyl (C=O) groups is 2. The van der Waals surface area contributed by atoms with Crippen LogP contribution in [-0.2, 0) is 9.59 Å². The zero-order valence-corrected chi connectivity index (χ0v) is 12.7. The maximum atomic E-state index is 12.3. The molecule has 3 rings (SSSR count). The third-order valence-corrected chi connectivity index (χ3v) is 5.03. The SMILES string of the molecule is O=C(NC(C(=O)O)C1CC1)C1CCC(c2ccccc2)CC1. The molecule has 1 aromatic carbocycles. The number of carboxylic acids is 1. The highest BCUT2D eigenvalue weighted by Crippen LogP contribution is 2.37. The second kappa shape index (κ2) is 6.51. The molecular formula is C18H23NO3. The summed E-state index contributed by atoms with van der Waals surface area (Å²) in [6, 6.07) is 9.76. The lowest BCUT2D eigenvalue weighted by Crippen LogP contribution is -2.45. The normalized spacial score (nSPS) is 26.2. The average Bonchev–Trinajstić information content (AvgIpc) is 3.38. The van der Waals surface area contributed by atoms with Gasteiger partial charge in [-0.2, -0.15) is 0 Å². The standard InChI is InChI=1S/C18H23NO3/c20-17(19-16(18(21)22)14-8-9-14)15-10-6-13(7-11-15)12-4-2-1-3-5-12/h1-5,13-16H,6-11H2,(H,19,20)(H,21,22). The Morgan fingerprint density at radius 2 is 1.64 bits per heavy atom. The van der Waals surface area contributed by atoms with Crippen LogP contribution < -0.4 is 5.32 Å². The average molecular weight is 301 g/mol. The van der Waals surface area contributed by atoms with E-state index in [-0.39, 0.29) is 17.7 Å². The summed E-state index contributed by atoms with van der Waals surface area (Å²) in [6.45, 7) is 0. The summed E-state index contributed by atoms with van der Waals surface area (Å²) in [5.74, 6) is -0.314. The molecule has 0 aliphatic heterocycles. The molecule has 2 aliphatic carbocycles. The smallest absolute Gasteiger partial charge is 0.326 e. The van der Waals surface area contributed by atoms with Crippen molar-refractivity contribution >= 4 is 11.9 Å². The minimum atomic E-state index is -0.895. The molecule has 0 aromatic heterocycles. The molecule has 4 heteroatoms. The van der Waals surface area contributed by atoms with Crippen LogP contribution in [0.4, 0.5) is 0 Å². The van der Waals surface area contributed by atoms with Crippen LogP contribution in [0.1, 0.15) is 50.0 Å². The van der Waals surface area contributed by atoms with E-state index in [1.54, 1.807) is 0 Å². The zero-order valence-electron chi connectivity index (χ0n) is 12.7. The maximum Gasteiger partial charge on any atom is 0.326 e. The Kier molecular flexibility index (Phi) is 4.46. The van der Waals surface area contributed by atoms with E-state index < -0.39 is 12.0 Å². The molecule has 2 saturated carbocycles. The number of carboxylic acid groups (broad SMARTS) is 1. The van der Waals surface area contributed by atoms with E-state index in [4.69, 9.17) is 0 Å². The first-order chi connectivity index (χ1) is 10.6. The van der Waals surface area contributed by atoms with Crippen LogP contribution in [0.3, 0.4) is 0 Å². The quantitative estimate of drug-likeness (QED) is 0.878. The van der Waals surface area contributed by atoms with Crippen molar-refractivity contribution in [3.8, 4) is 0 Å². The molecular weight excluding hydrogens is 278 g/mol. The highest BCUT2D eigenvalue weighted by atomic mass is 16.4. The van der Waals surface area contributed by atoms with Crippen LogP contribution in [0.15, 0.2) is 30.3 Å². The molecule has 1 unspecified atom stereocenters. The zero-order chi connectivity index (χ0) is 15.5. The van der Waals surface area contributed by atoms with Crippen LogP contribution in [0, 0.1) is 11.8 Å². The Morgan fingerprint density at radius 1 is 1.00 bits per heavy atom. The Balaban J connectivity index is 1.52.